The lowest BCUT2D eigenvalue weighted by Crippen LogP contribution is -2.12. The van der Waals surface area contributed by atoms with Gasteiger partial charge in [-0.25, -0.2) is 0 Å². The van der Waals surface area contributed by atoms with Gasteiger partial charge in [-0.05, 0) is 61.2 Å². The van der Waals surface area contributed by atoms with E-state index in [0.29, 0.717) is 12.8 Å². The van der Waals surface area contributed by atoms with Crippen LogP contribution in [-0.2, 0) is 11.2 Å². The van der Waals surface area contributed by atoms with E-state index in [4.69, 9.17) is 4.74 Å². The molecule has 0 bridgehead atoms. The van der Waals surface area contributed by atoms with Gasteiger partial charge in [-0.3, -0.25) is 4.79 Å². The van der Waals surface area contributed by atoms with E-state index < -0.39 is 0 Å². The Morgan fingerprint density at radius 1 is 1.10 bits per heavy atom. The zero-order valence-electron chi connectivity index (χ0n) is 12.8. The van der Waals surface area contributed by atoms with Crippen LogP contribution in [-0.4, -0.2) is 13.0 Å². The maximum atomic E-state index is 12.0. The molecule has 3 nitrogen and oxygen atoms in total. The van der Waals surface area contributed by atoms with Crippen LogP contribution in [0.2, 0.25) is 0 Å². The summed E-state index contributed by atoms with van der Waals surface area (Å²) in [4.78, 5) is 12.0. The number of ether oxygens (including phenoxy) is 1. The predicted octanol–water partition coefficient (Wildman–Crippen LogP) is 3.88. The zero-order valence-corrected chi connectivity index (χ0v) is 12.8. The second kappa shape index (κ2) is 6.93. The van der Waals surface area contributed by atoms with Gasteiger partial charge >= 0.3 is 0 Å². The first-order chi connectivity index (χ1) is 10.1. The third kappa shape index (κ3) is 4.35. The molecule has 2 aromatic rings. The molecule has 0 aliphatic carbocycles. The Bertz CT molecular complexity index is 635. The minimum Gasteiger partial charge on any atom is -0.497 e. The summed E-state index contributed by atoms with van der Waals surface area (Å²) >= 11 is 0. The van der Waals surface area contributed by atoms with E-state index in [1.54, 1.807) is 7.11 Å². The van der Waals surface area contributed by atoms with Crippen molar-refractivity contribution in [2.75, 3.05) is 12.4 Å². The van der Waals surface area contributed by atoms with Crippen LogP contribution in [0.15, 0.2) is 42.5 Å². The Balaban J connectivity index is 1.91. The first-order valence-corrected chi connectivity index (χ1v) is 7.08. The van der Waals surface area contributed by atoms with Crippen LogP contribution < -0.4 is 10.1 Å². The van der Waals surface area contributed by atoms with Crippen molar-refractivity contribution in [2.45, 2.75) is 26.7 Å². The van der Waals surface area contributed by atoms with Crippen molar-refractivity contribution < 1.29 is 9.53 Å². The normalized spacial score (nSPS) is 10.2. The summed E-state index contributed by atoms with van der Waals surface area (Å²) in [6.45, 7) is 4.10. The number of benzene rings is 2. The molecule has 110 valence electrons. The van der Waals surface area contributed by atoms with Gasteiger partial charge < -0.3 is 10.1 Å². The van der Waals surface area contributed by atoms with E-state index in [0.717, 1.165) is 17.0 Å². The Kier molecular flexibility index (Phi) is 4.99. The van der Waals surface area contributed by atoms with Crippen molar-refractivity contribution in [3.05, 3.63) is 59.2 Å². The lowest BCUT2D eigenvalue weighted by Gasteiger charge is -2.08. The average molecular weight is 283 g/mol. The molecule has 1 amide bonds. The summed E-state index contributed by atoms with van der Waals surface area (Å²) in [6, 6.07) is 13.8. The van der Waals surface area contributed by atoms with Gasteiger partial charge in [0.2, 0.25) is 5.91 Å². The Hall–Kier alpha value is -2.29. The van der Waals surface area contributed by atoms with Gasteiger partial charge in [0, 0.05) is 12.1 Å². The smallest absolute Gasteiger partial charge is 0.224 e. The van der Waals surface area contributed by atoms with Gasteiger partial charge in [0.05, 0.1) is 7.11 Å². The lowest BCUT2D eigenvalue weighted by atomic mass is 10.1. The molecule has 21 heavy (non-hydrogen) atoms. The Morgan fingerprint density at radius 3 is 2.62 bits per heavy atom. The molecule has 3 heteroatoms. The molecule has 0 fully saturated rings. The van der Waals surface area contributed by atoms with Crippen LogP contribution >= 0.6 is 0 Å². The highest BCUT2D eigenvalue weighted by molar-refractivity contribution is 5.90. The van der Waals surface area contributed by atoms with Gasteiger partial charge in [0.25, 0.3) is 0 Å². The number of carbonyl (C=O) groups excluding carboxylic acids is 1. The molecule has 0 aliphatic rings. The Morgan fingerprint density at radius 2 is 1.90 bits per heavy atom. The fourth-order valence-electron chi connectivity index (χ4n) is 2.13. The molecular weight excluding hydrogens is 262 g/mol. The highest BCUT2D eigenvalue weighted by Crippen LogP contribution is 2.16. The highest BCUT2D eigenvalue weighted by Gasteiger charge is 2.05. The molecule has 1 N–H and O–H groups in total. The molecule has 0 spiro atoms. The van der Waals surface area contributed by atoms with Crippen LogP contribution in [0.25, 0.3) is 0 Å². The maximum absolute atomic E-state index is 12.0. The largest absolute Gasteiger partial charge is 0.497 e. The van der Waals surface area contributed by atoms with Gasteiger partial charge in [-0.15, -0.1) is 0 Å². The number of hydrogen-bond donors (Lipinski definition) is 1. The SMILES string of the molecule is COc1cccc(CCC(=O)Nc2ccc(C)c(C)c2)c1. The molecule has 0 aliphatic heterocycles. The number of carbonyl (C=O) groups is 1. The third-order valence-corrected chi connectivity index (χ3v) is 3.57. The molecule has 0 saturated heterocycles. The van der Waals surface area contributed by atoms with Crippen molar-refractivity contribution in [1.29, 1.82) is 0 Å². The topological polar surface area (TPSA) is 38.3 Å². The quantitative estimate of drug-likeness (QED) is 0.904. The molecule has 0 saturated carbocycles. The fourth-order valence-corrected chi connectivity index (χ4v) is 2.13. The lowest BCUT2D eigenvalue weighted by molar-refractivity contribution is -0.116. The number of amides is 1. The summed E-state index contributed by atoms with van der Waals surface area (Å²) in [5.74, 6) is 0.850. The van der Waals surface area contributed by atoms with Crippen LogP contribution in [0.3, 0.4) is 0 Å². The van der Waals surface area contributed by atoms with E-state index in [-0.39, 0.29) is 5.91 Å². The van der Waals surface area contributed by atoms with E-state index in [2.05, 4.69) is 12.2 Å². The van der Waals surface area contributed by atoms with Crippen molar-refractivity contribution >= 4 is 11.6 Å². The van der Waals surface area contributed by atoms with Crippen molar-refractivity contribution in [1.82, 2.24) is 0 Å². The number of methoxy groups -OCH3 is 1. The summed E-state index contributed by atoms with van der Waals surface area (Å²) in [5.41, 5.74) is 4.36. The van der Waals surface area contributed by atoms with Gasteiger partial charge in [-0.1, -0.05) is 18.2 Å². The number of anilines is 1. The number of hydrogen-bond acceptors (Lipinski definition) is 2. The van der Waals surface area contributed by atoms with Crippen molar-refractivity contribution in [3.8, 4) is 5.75 Å². The molecule has 0 radical (unpaired) electrons. The molecule has 0 unspecified atom stereocenters. The molecule has 0 aromatic heterocycles. The Labute approximate surface area is 126 Å². The molecule has 0 heterocycles. The maximum Gasteiger partial charge on any atom is 0.224 e. The van der Waals surface area contributed by atoms with E-state index in [1.165, 1.54) is 11.1 Å². The average Bonchev–Trinajstić information content (AvgIpc) is 2.49. The summed E-state index contributed by atoms with van der Waals surface area (Å²) in [7, 11) is 1.64. The first-order valence-electron chi connectivity index (χ1n) is 7.08. The minimum absolute atomic E-state index is 0.0288. The van der Waals surface area contributed by atoms with Crippen LogP contribution in [0.5, 0.6) is 5.75 Å². The third-order valence-electron chi connectivity index (χ3n) is 3.57. The summed E-state index contributed by atoms with van der Waals surface area (Å²) < 4.78 is 5.18. The minimum atomic E-state index is 0.0288. The van der Waals surface area contributed by atoms with E-state index in [1.807, 2.05) is 49.4 Å². The van der Waals surface area contributed by atoms with Crippen LogP contribution in [0, 0.1) is 13.8 Å². The first kappa shape index (κ1) is 15.1. The molecule has 0 atom stereocenters. The van der Waals surface area contributed by atoms with Crippen molar-refractivity contribution in [3.63, 3.8) is 0 Å². The number of aryl methyl sites for hydroxylation is 3. The van der Waals surface area contributed by atoms with Gasteiger partial charge in [-0.2, -0.15) is 0 Å². The van der Waals surface area contributed by atoms with Gasteiger partial charge in [0.1, 0.15) is 5.75 Å². The second-order valence-electron chi connectivity index (χ2n) is 5.20. The molecular formula is C18H21NO2. The van der Waals surface area contributed by atoms with E-state index in [9.17, 15) is 4.79 Å². The molecule has 2 rings (SSSR count). The zero-order chi connectivity index (χ0) is 15.2. The molecule has 2 aromatic carbocycles. The number of rotatable bonds is 5. The van der Waals surface area contributed by atoms with Crippen LogP contribution in [0.4, 0.5) is 5.69 Å². The number of nitrogens with one attached hydrogen (secondary N) is 1. The van der Waals surface area contributed by atoms with Crippen LogP contribution in [0.1, 0.15) is 23.1 Å². The van der Waals surface area contributed by atoms with Gasteiger partial charge in [0.15, 0.2) is 0 Å². The predicted molar refractivity (Wildman–Crippen MR) is 85.9 cm³/mol. The van der Waals surface area contributed by atoms with Crippen molar-refractivity contribution in [2.24, 2.45) is 0 Å². The summed E-state index contributed by atoms with van der Waals surface area (Å²) in [5, 5.41) is 2.94. The monoisotopic (exact) mass is 283 g/mol. The highest BCUT2D eigenvalue weighted by atomic mass is 16.5. The fraction of sp³-hybridized carbons (Fsp3) is 0.278. The second-order valence-corrected chi connectivity index (χ2v) is 5.20. The standard InChI is InChI=1S/C18H21NO2/c1-13-7-9-16(11-14(13)2)19-18(20)10-8-15-5-4-6-17(12-15)21-3/h4-7,9,11-12H,8,10H2,1-3H3,(H,19,20). The van der Waals surface area contributed by atoms with E-state index >= 15 is 0 Å². The summed E-state index contributed by atoms with van der Waals surface area (Å²) in [6.07, 6.45) is 1.16.